The average molecular weight is 275 g/mol. The summed E-state index contributed by atoms with van der Waals surface area (Å²) in [5, 5.41) is 12.6. The standard InChI is InChI=1S/C14H17N3O3/c1-3-20-11-7-5-4-6-10(11)8-15-12-13(18)16-9(2)17-14(12)19/h4-7,15H,3,8H2,1-2H3,(H2,16,17,18,19). The number of aryl methyl sites for hydroxylation is 1. The number of rotatable bonds is 5. The zero-order chi connectivity index (χ0) is 14.5. The highest BCUT2D eigenvalue weighted by Crippen LogP contribution is 2.21. The van der Waals surface area contributed by atoms with Gasteiger partial charge in [-0.15, -0.1) is 0 Å². The van der Waals surface area contributed by atoms with E-state index in [1.807, 2.05) is 31.2 Å². The first kappa shape index (κ1) is 13.9. The van der Waals surface area contributed by atoms with E-state index in [2.05, 4.69) is 15.3 Å². The van der Waals surface area contributed by atoms with Gasteiger partial charge in [-0.05, 0) is 19.9 Å². The lowest BCUT2D eigenvalue weighted by molar-refractivity contribution is 0.337. The highest BCUT2D eigenvalue weighted by atomic mass is 16.5. The van der Waals surface area contributed by atoms with Crippen molar-refractivity contribution in [1.29, 1.82) is 0 Å². The van der Waals surface area contributed by atoms with Crippen molar-refractivity contribution in [1.82, 2.24) is 9.97 Å². The summed E-state index contributed by atoms with van der Waals surface area (Å²) in [5.41, 5.74) is 0.555. The Hall–Kier alpha value is -2.50. The highest BCUT2D eigenvalue weighted by molar-refractivity contribution is 5.51. The SMILES string of the molecule is CCOc1ccccc1CNc1c(O)nc(C)[nH]c1=O. The van der Waals surface area contributed by atoms with Gasteiger partial charge in [0.05, 0.1) is 6.61 Å². The molecule has 0 aliphatic rings. The normalized spacial score (nSPS) is 10.3. The minimum Gasteiger partial charge on any atom is -0.494 e. The zero-order valence-electron chi connectivity index (χ0n) is 11.4. The van der Waals surface area contributed by atoms with Gasteiger partial charge in [0, 0.05) is 12.1 Å². The molecule has 2 aromatic rings. The molecule has 0 spiro atoms. The molecule has 0 aliphatic carbocycles. The maximum Gasteiger partial charge on any atom is 0.278 e. The second-order valence-corrected chi connectivity index (χ2v) is 4.24. The molecule has 6 nitrogen and oxygen atoms in total. The Morgan fingerprint density at radius 2 is 2.15 bits per heavy atom. The first-order chi connectivity index (χ1) is 9.61. The lowest BCUT2D eigenvalue weighted by atomic mass is 10.2. The number of aromatic amines is 1. The molecule has 0 unspecified atom stereocenters. The number of H-pyrrole nitrogens is 1. The van der Waals surface area contributed by atoms with Crippen molar-refractivity contribution in [3.8, 4) is 11.6 Å². The molecule has 1 heterocycles. The molecule has 0 saturated heterocycles. The van der Waals surface area contributed by atoms with Crippen molar-refractivity contribution in [2.24, 2.45) is 0 Å². The van der Waals surface area contributed by atoms with E-state index < -0.39 is 5.56 Å². The summed E-state index contributed by atoms with van der Waals surface area (Å²) >= 11 is 0. The monoisotopic (exact) mass is 275 g/mol. The number of para-hydroxylation sites is 1. The maximum atomic E-state index is 11.7. The van der Waals surface area contributed by atoms with Crippen LogP contribution in [0, 0.1) is 6.92 Å². The number of hydrogen-bond acceptors (Lipinski definition) is 5. The minimum atomic E-state index is -0.399. The van der Waals surface area contributed by atoms with Crippen LogP contribution in [0.5, 0.6) is 11.6 Å². The van der Waals surface area contributed by atoms with E-state index in [-0.39, 0.29) is 11.6 Å². The molecular formula is C14H17N3O3. The fourth-order valence-electron chi connectivity index (χ4n) is 1.86. The van der Waals surface area contributed by atoms with E-state index in [1.165, 1.54) is 0 Å². The highest BCUT2D eigenvalue weighted by Gasteiger charge is 2.10. The Morgan fingerprint density at radius 3 is 2.85 bits per heavy atom. The van der Waals surface area contributed by atoms with Gasteiger partial charge in [0.2, 0.25) is 5.88 Å². The van der Waals surface area contributed by atoms with Crippen LogP contribution in [0.3, 0.4) is 0 Å². The largest absolute Gasteiger partial charge is 0.494 e. The Balaban J connectivity index is 2.19. The Bertz CT molecular complexity index is 652. The summed E-state index contributed by atoms with van der Waals surface area (Å²) in [4.78, 5) is 18.1. The number of nitrogens with zero attached hydrogens (tertiary/aromatic N) is 1. The number of nitrogens with one attached hydrogen (secondary N) is 2. The van der Waals surface area contributed by atoms with E-state index in [4.69, 9.17) is 4.74 Å². The average Bonchev–Trinajstić information content (AvgIpc) is 2.39. The van der Waals surface area contributed by atoms with Crippen LogP contribution >= 0.6 is 0 Å². The quantitative estimate of drug-likeness (QED) is 0.774. The van der Waals surface area contributed by atoms with Crippen LogP contribution in [0.15, 0.2) is 29.1 Å². The molecule has 0 aliphatic heterocycles. The number of aromatic nitrogens is 2. The van der Waals surface area contributed by atoms with E-state index >= 15 is 0 Å². The number of ether oxygens (including phenoxy) is 1. The van der Waals surface area contributed by atoms with Gasteiger partial charge in [0.25, 0.3) is 5.56 Å². The minimum absolute atomic E-state index is 0.0573. The van der Waals surface area contributed by atoms with Crippen molar-refractivity contribution in [2.75, 3.05) is 11.9 Å². The summed E-state index contributed by atoms with van der Waals surface area (Å²) < 4.78 is 5.50. The van der Waals surface area contributed by atoms with E-state index in [9.17, 15) is 9.90 Å². The molecule has 1 aromatic heterocycles. The molecule has 20 heavy (non-hydrogen) atoms. The third-order valence-electron chi connectivity index (χ3n) is 2.75. The Labute approximate surface area is 116 Å². The van der Waals surface area contributed by atoms with Crippen molar-refractivity contribution in [2.45, 2.75) is 20.4 Å². The summed E-state index contributed by atoms with van der Waals surface area (Å²) in [6.07, 6.45) is 0. The predicted molar refractivity (Wildman–Crippen MR) is 76.2 cm³/mol. The topological polar surface area (TPSA) is 87.2 Å². The first-order valence-electron chi connectivity index (χ1n) is 6.36. The Kier molecular flexibility index (Phi) is 4.24. The molecular weight excluding hydrogens is 258 g/mol. The molecule has 0 saturated carbocycles. The van der Waals surface area contributed by atoms with Gasteiger partial charge in [-0.2, -0.15) is 4.98 Å². The first-order valence-corrected chi connectivity index (χ1v) is 6.36. The molecule has 0 fully saturated rings. The van der Waals surface area contributed by atoms with Crippen LogP contribution in [0.2, 0.25) is 0 Å². The fourth-order valence-corrected chi connectivity index (χ4v) is 1.86. The van der Waals surface area contributed by atoms with E-state index in [1.54, 1.807) is 6.92 Å². The summed E-state index contributed by atoms with van der Waals surface area (Å²) in [5.74, 6) is 0.811. The van der Waals surface area contributed by atoms with Crippen LogP contribution in [-0.4, -0.2) is 21.7 Å². The molecule has 3 N–H and O–H groups in total. The van der Waals surface area contributed by atoms with Crippen LogP contribution in [0.1, 0.15) is 18.3 Å². The van der Waals surface area contributed by atoms with Gasteiger partial charge >= 0.3 is 0 Å². The third-order valence-corrected chi connectivity index (χ3v) is 2.75. The van der Waals surface area contributed by atoms with E-state index in [0.29, 0.717) is 19.0 Å². The summed E-state index contributed by atoms with van der Waals surface area (Å²) in [6, 6.07) is 7.52. The van der Waals surface area contributed by atoms with Crippen molar-refractivity contribution >= 4 is 5.69 Å². The van der Waals surface area contributed by atoms with Crippen molar-refractivity contribution in [3.63, 3.8) is 0 Å². The number of aromatic hydroxyl groups is 1. The smallest absolute Gasteiger partial charge is 0.278 e. The molecule has 2 rings (SSSR count). The Morgan fingerprint density at radius 1 is 1.40 bits per heavy atom. The molecule has 0 atom stereocenters. The molecule has 106 valence electrons. The van der Waals surface area contributed by atoms with E-state index in [0.717, 1.165) is 11.3 Å². The van der Waals surface area contributed by atoms with Gasteiger partial charge < -0.3 is 20.1 Å². The van der Waals surface area contributed by atoms with Crippen LogP contribution in [0.4, 0.5) is 5.69 Å². The van der Waals surface area contributed by atoms with Gasteiger partial charge in [0.1, 0.15) is 11.6 Å². The van der Waals surface area contributed by atoms with Gasteiger partial charge in [-0.1, -0.05) is 18.2 Å². The summed E-state index contributed by atoms with van der Waals surface area (Å²) in [6.45, 7) is 4.44. The molecule has 6 heteroatoms. The predicted octanol–water partition coefficient (Wildman–Crippen LogP) is 1.79. The van der Waals surface area contributed by atoms with Crippen molar-refractivity contribution in [3.05, 3.63) is 46.0 Å². The number of anilines is 1. The van der Waals surface area contributed by atoms with Crippen LogP contribution < -0.4 is 15.6 Å². The molecule has 0 radical (unpaired) electrons. The maximum absolute atomic E-state index is 11.7. The zero-order valence-corrected chi connectivity index (χ0v) is 11.4. The second-order valence-electron chi connectivity index (χ2n) is 4.24. The number of benzene rings is 1. The van der Waals surface area contributed by atoms with Crippen LogP contribution in [-0.2, 0) is 6.54 Å². The third kappa shape index (κ3) is 3.09. The van der Waals surface area contributed by atoms with Gasteiger partial charge in [-0.25, -0.2) is 0 Å². The molecule has 1 aromatic carbocycles. The fraction of sp³-hybridized carbons (Fsp3) is 0.286. The second kappa shape index (κ2) is 6.10. The lowest BCUT2D eigenvalue weighted by Crippen LogP contribution is -2.16. The molecule has 0 bridgehead atoms. The van der Waals surface area contributed by atoms with Crippen LogP contribution in [0.25, 0.3) is 0 Å². The van der Waals surface area contributed by atoms with Crippen molar-refractivity contribution < 1.29 is 9.84 Å². The lowest BCUT2D eigenvalue weighted by Gasteiger charge is -2.11. The molecule has 0 amide bonds. The van der Waals surface area contributed by atoms with Gasteiger partial charge in [0.15, 0.2) is 5.69 Å². The van der Waals surface area contributed by atoms with Gasteiger partial charge in [-0.3, -0.25) is 4.79 Å². The summed E-state index contributed by atoms with van der Waals surface area (Å²) in [7, 11) is 0. The number of hydrogen-bond donors (Lipinski definition) is 3.